The highest BCUT2D eigenvalue weighted by molar-refractivity contribution is 6.27. The van der Waals surface area contributed by atoms with Crippen LogP contribution in [0.25, 0.3) is 5.76 Å². The van der Waals surface area contributed by atoms with Crippen molar-refractivity contribution in [2.75, 3.05) is 20.3 Å². The second kappa shape index (κ2) is 8.40. The summed E-state index contributed by atoms with van der Waals surface area (Å²) in [5.74, 6) is -1.77. The average molecular weight is 401 g/mol. The van der Waals surface area contributed by atoms with E-state index >= 15 is 0 Å². The predicted octanol–water partition coefficient (Wildman–Crippen LogP) is 3.49. The SMILES string of the molecule is COCCOCc1nc(C(F)(F)F)ccc1C(O)=C1C(=O)CCC(C)(C)C1=O. The van der Waals surface area contributed by atoms with E-state index in [9.17, 15) is 27.9 Å². The molecule has 6 nitrogen and oxygen atoms in total. The Morgan fingerprint density at radius 3 is 2.54 bits per heavy atom. The maximum atomic E-state index is 13.0. The van der Waals surface area contributed by atoms with Gasteiger partial charge in [0, 0.05) is 24.5 Å². The van der Waals surface area contributed by atoms with Crippen molar-refractivity contribution in [3.63, 3.8) is 0 Å². The summed E-state index contributed by atoms with van der Waals surface area (Å²) in [7, 11) is 1.44. The van der Waals surface area contributed by atoms with Gasteiger partial charge in [-0.2, -0.15) is 13.2 Å². The third-order valence-corrected chi connectivity index (χ3v) is 4.52. The van der Waals surface area contributed by atoms with Crippen LogP contribution in [0.15, 0.2) is 17.7 Å². The molecule has 0 saturated heterocycles. The van der Waals surface area contributed by atoms with Gasteiger partial charge in [0.15, 0.2) is 11.6 Å². The summed E-state index contributed by atoms with van der Waals surface area (Å²) in [6.07, 6.45) is -4.30. The van der Waals surface area contributed by atoms with Crippen molar-refractivity contribution in [2.45, 2.75) is 39.5 Å². The quantitative estimate of drug-likeness (QED) is 0.340. The molecule has 1 fully saturated rings. The monoisotopic (exact) mass is 401 g/mol. The van der Waals surface area contributed by atoms with E-state index in [-0.39, 0.29) is 37.5 Å². The Hall–Kier alpha value is -2.26. The van der Waals surface area contributed by atoms with Gasteiger partial charge < -0.3 is 14.6 Å². The van der Waals surface area contributed by atoms with Crippen molar-refractivity contribution >= 4 is 17.3 Å². The van der Waals surface area contributed by atoms with Crippen molar-refractivity contribution in [3.05, 3.63) is 34.7 Å². The van der Waals surface area contributed by atoms with Crippen LogP contribution in [0.3, 0.4) is 0 Å². The van der Waals surface area contributed by atoms with Crippen LogP contribution in [0.4, 0.5) is 13.2 Å². The zero-order chi connectivity index (χ0) is 21.1. The zero-order valence-corrected chi connectivity index (χ0v) is 15.9. The molecule has 0 radical (unpaired) electrons. The van der Waals surface area contributed by atoms with Crippen LogP contribution in [-0.2, 0) is 31.8 Å². The number of ether oxygens (including phenoxy) is 2. The number of carbonyl (C=O) groups excluding carboxylic acids is 2. The minimum Gasteiger partial charge on any atom is -0.506 e. The van der Waals surface area contributed by atoms with Crippen LogP contribution >= 0.6 is 0 Å². The van der Waals surface area contributed by atoms with Crippen molar-refractivity contribution in [3.8, 4) is 0 Å². The molecule has 0 spiro atoms. The average Bonchev–Trinajstić information content (AvgIpc) is 2.61. The van der Waals surface area contributed by atoms with E-state index in [1.807, 2.05) is 0 Å². The number of Topliss-reactive ketones (excluding diaryl/α,β-unsaturated/α-hetero) is 2. The van der Waals surface area contributed by atoms with E-state index in [1.165, 1.54) is 7.11 Å². The molecule has 1 aromatic rings. The lowest BCUT2D eigenvalue weighted by Gasteiger charge is -2.29. The highest BCUT2D eigenvalue weighted by atomic mass is 19.4. The molecule has 1 heterocycles. The molecule has 1 saturated carbocycles. The molecule has 0 aliphatic heterocycles. The van der Waals surface area contributed by atoms with E-state index in [0.29, 0.717) is 12.5 Å². The molecule has 154 valence electrons. The van der Waals surface area contributed by atoms with Crippen LogP contribution in [0, 0.1) is 5.41 Å². The van der Waals surface area contributed by atoms with Crippen molar-refractivity contribution in [1.82, 2.24) is 4.98 Å². The number of pyridine rings is 1. The number of aliphatic hydroxyl groups is 1. The van der Waals surface area contributed by atoms with Crippen LogP contribution in [0.2, 0.25) is 0 Å². The Bertz CT molecular complexity index is 799. The minimum atomic E-state index is -4.69. The lowest BCUT2D eigenvalue weighted by Crippen LogP contribution is -2.35. The number of hydrogen-bond donors (Lipinski definition) is 1. The Morgan fingerprint density at radius 1 is 1.25 bits per heavy atom. The van der Waals surface area contributed by atoms with E-state index < -0.39 is 40.2 Å². The van der Waals surface area contributed by atoms with Crippen molar-refractivity contribution in [2.24, 2.45) is 5.41 Å². The van der Waals surface area contributed by atoms with E-state index in [2.05, 4.69) is 4.98 Å². The van der Waals surface area contributed by atoms with Crippen LogP contribution < -0.4 is 0 Å². The normalized spacial score (nSPS) is 19.1. The summed E-state index contributed by atoms with van der Waals surface area (Å²) >= 11 is 0. The van der Waals surface area contributed by atoms with Gasteiger partial charge in [0.25, 0.3) is 0 Å². The lowest BCUT2D eigenvalue weighted by molar-refractivity contribution is -0.141. The predicted molar refractivity (Wildman–Crippen MR) is 93.3 cm³/mol. The lowest BCUT2D eigenvalue weighted by atomic mass is 9.72. The summed E-state index contributed by atoms with van der Waals surface area (Å²) in [5, 5.41) is 10.6. The number of methoxy groups -OCH3 is 1. The van der Waals surface area contributed by atoms with E-state index in [0.717, 1.165) is 6.07 Å². The van der Waals surface area contributed by atoms with Gasteiger partial charge >= 0.3 is 6.18 Å². The second-order valence-corrected chi connectivity index (χ2v) is 7.09. The summed E-state index contributed by atoms with van der Waals surface area (Å²) in [6, 6.07) is 1.68. The number of halogens is 3. The molecule has 0 atom stereocenters. The smallest absolute Gasteiger partial charge is 0.433 e. The van der Waals surface area contributed by atoms with Gasteiger partial charge in [0.2, 0.25) is 0 Å². The number of rotatable bonds is 6. The Morgan fingerprint density at radius 2 is 1.93 bits per heavy atom. The van der Waals surface area contributed by atoms with Gasteiger partial charge in [-0.25, -0.2) is 4.98 Å². The first-order chi connectivity index (χ1) is 13.0. The Kier molecular flexibility index (Phi) is 6.61. The maximum absolute atomic E-state index is 13.0. The number of carbonyl (C=O) groups is 2. The van der Waals surface area contributed by atoms with Gasteiger partial charge in [0.05, 0.1) is 25.5 Å². The number of aliphatic hydroxyl groups excluding tert-OH is 1. The number of allylic oxidation sites excluding steroid dienone is 1. The minimum absolute atomic E-state index is 0.0614. The van der Waals surface area contributed by atoms with Gasteiger partial charge in [0.1, 0.15) is 17.0 Å². The number of nitrogens with zero attached hydrogens (tertiary/aromatic N) is 1. The Balaban J connectivity index is 2.52. The first-order valence-electron chi connectivity index (χ1n) is 8.64. The van der Waals surface area contributed by atoms with Crippen LogP contribution in [0.1, 0.15) is 43.6 Å². The molecule has 0 amide bonds. The fourth-order valence-corrected chi connectivity index (χ4v) is 2.80. The number of alkyl halides is 3. The number of ketones is 2. The fraction of sp³-hybridized carbons (Fsp3) is 0.526. The zero-order valence-electron chi connectivity index (χ0n) is 15.9. The van der Waals surface area contributed by atoms with Gasteiger partial charge in [-0.3, -0.25) is 9.59 Å². The van der Waals surface area contributed by atoms with Crippen LogP contribution in [-0.4, -0.2) is 42.0 Å². The molecule has 2 rings (SSSR count). The highest BCUT2D eigenvalue weighted by Gasteiger charge is 2.41. The largest absolute Gasteiger partial charge is 0.506 e. The first-order valence-corrected chi connectivity index (χ1v) is 8.64. The molecule has 0 bridgehead atoms. The Labute approximate surface area is 160 Å². The molecule has 1 aromatic heterocycles. The van der Waals surface area contributed by atoms with Gasteiger partial charge in [-0.1, -0.05) is 13.8 Å². The van der Waals surface area contributed by atoms with Crippen molar-refractivity contribution < 1.29 is 37.3 Å². The molecule has 1 aliphatic rings. The summed E-state index contributed by atoms with van der Waals surface area (Å²) in [4.78, 5) is 28.4. The molecular weight excluding hydrogens is 379 g/mol. The third kappa shape index (κ3) is 4.77. The topological polar surface area (TPSA) is 85.7 Å². The number of hydrogen-bond acceptors (Lipinski definition) is 6. The molecular formula is C19H22F3NO5. The molecule has 28 heavy (non-hydrogen) atoms. The molecule has 1 N–H and O–H groups in total. The van der Waals surface area contributed by atoms with Crippen molar-refractivity contribution in [1.29, 1.82) is 0 Å². The maximum Gasteiger partial charge on any atom is 0.433 e. The van der Waals surface area contributed by atoms with E-state index in [1.54, 1.807) is 13.8 Å². The standard InChI is InChI=1S/C19H22F3NO5/c1-18(2)7-6-13(24)15(17(18)26)16(25)11-4-5-14(19(20,21)22)23-12(11)10-28-9-8-27-3/h4-5,25H,6-10H2,1-3H3. The third-order valence-electron chi connectivity index (χ3n) is 4.52. The van der Waals surface area contributed by atoms with Crippen LogP contribution in [0.5, 0.6) is 0 Å². The van der Waals surface area contributed by atoms with Gasteiger partial charge in [-0.05, 0) is 18.6 Å². The number of aromatic nitrogens is 1. The first kappa shape index (κ1) is 22.0. The molecule has 9 heteroatoms. The molecule has 1 aliphatic carbocycles. The fourth-order valence-electron chi connectivity index (χ4n) is 2.80. The molecule has 0 aromatic carbocycles. The second-order valence-electron chi connectivity index (χ2n) is 7.09. The van der Waals surface area contributed by atoms with Gasteiger partial charge in [-0.15, -0.1) is 0 Å². The summed E-state index contributed by atoms with van der Waals surface area (Å²) < 4.78 is 49.1. The summed E-state index contributed by atoms with van der Waals surface area (Å²) in [6.45, 7) is 3.25. The van der Waals surface area contributed by atoms with E-state index in [4.69, 9.17) is 9.47 Å². The molecule has 0 unspecified atom stereocenters. The summed E-state index contributed by atoms with van der Waals surface area (Å²) in [5.41, 5.74) is -2.79. The highest BCUT2D eigenvalue weighted by Crippen LogP contribution is 2.37.